The number of anilines is 1. The van der Waals surface area contributed by atoms with Crippen LogP contribution in [0.1, 0.15) is 89.3 Å². The van der Waals surface area contributed by atoms with E-state index in [9.17, 15) is 4.79 Å². The summed E-state index contributed by atoms with van der Waals surface area (Å²) >= 11 is 0. The minimum atomic E-state index is -1.03. The number of carboxylic acid groups (broad SMARTS) is 1. The Kier molecular flexibility index (Phi) is 17.2. The van der Waals surface area contributed by atoms with E-state index in [0.29, 0.717) is 5.56 Å². The fraction of sp³-hybridized carbons (Fsp3) is 0.708. The van der Waals surface area contributed by atoms with E-state index in [1.54, 1.807) is 12.1 Å². The number of aromatic carboxylic acids is 1. The molecule has 0 fully saturated rings. The molecular weight excluding hydrogens is 385 g/mol. The molecule has 29 heavy (non-hydrogen) atoms. The van der Waals surface area contributed by atoms with Gasteiger partial charge in [0.2, 0.25) is 0 Å². The smallest absolute Gasteiger partial charge is 1.00 e. The van der Waals surface area contributed by atoms with E-state index in [0.717, 1.165) is 12.2 Å². The van der Waals surface area contributed by atoms with Crippen molar-refractivity contribution in [2.75, 3.05) is 11.9 Å². The van der Waals surface area contributed by atoms with E-state index in [-0.39, 0.29) is 31.0 Å². The van der Waals surface area contributed by atoms with Gasteiger partial charge in [0.05, 0.1) is 5.56 Å². The zero-order valence-electron chi connectivity index (χ0n) is 20.6. The van der Waals surface area contributed by atoms with Crippen LogP contribution in [0.15, 0.2) is 24.3 Å². The van der Waals surface area contributed by atoms with Crippen molar-refractivity contribution in [3.63, 3.8) is 0 Å². The molecule has 2 N–H and O–H groups in total. The van der Waals surface area contributed by atoms with Crippen LogP contribution in [0.2, 0.25) is 25.2 Å². The minimum absolute atomic E-state index is 0. The van der Waals surface area contributed by atoms with Crippen molar-refractivity contribution in [2.45, 2.75) is 103 Å². The van der Waals surface area contributed by atoms with Crippen LogP contribution < -0.4 is 34.9 Å². The number of rotatable bonds is 17. The van der Waals surface area contributed by atoms with Gasteiger partial charge in [-0.1, -0.05) is 96.3 Å². The Morgan fingerprint density at radius 1 is 0.862 bits per heavy atom. The number of carboxylic acids is 1. The van der Waals surface area contributed by atoms with Gasteiger partial charge in [0.1, 0.15) is 0 Å². The minimum Gasteiger partial charge on any atom is -1.00 e. The van der Waals surface area contributed by atoms with Gasteiger partial charge in [-0.05, 0) is 30.7 Å². The second-order valence-corrected chi connectivity index (χ2v) is 14.3. The number of unbranched alkanes of at least 4 members (excludes halogenated alkanes) is 9. The molecule has 0 saturated carbocycles. The number of hydrogen-bond donors (Lipinski definition) is 2. The molecule has 1 aromatic carbocycles. The summed E-state index contributed by atoms with van der Waals surface area (Å²) in [5.41, 5.74) is 1.35. The molecule has 0 atom stereocenters. The van der Waals surface area contributed by atoms with Crippen molar-refractivity contribution in [3.8, 4) is 0 Å². The number of benzene rings is 1. The summed E-state index contributed by atoms with van der Waals surface area (Å²) in [6.45, 7) is 8.35. The maximum atomic E-state index is 10.9. The maximum absolute atomic E-state index is 10.9. The van der Waals surface area contributed by atoms with E-state index < -0.39 is 14.0 Å². The van der Waals surface area contributed by atoms with Crippen molar-refractivity contribution in [3.05, 3.63) is 29.8 Å². The number of hydrogen-bond acceptors (Lipinski definition) is 2. The molecule has 0 aliphatic rings. The van der Waals surface area contributed by atoms with Crippen LogP contribution in [0.4, 0.5) is 5.69 Å². The molecule has 0 aliphatic carbocycles. The summed E-state index contributed by atoms with van der Waals surface area (Å²) in [5, 5.41) is 12.3. The van der Waals surface area contributed by atoms with Gasteiger partial charge >= 0.3 is 35.5 Å². The van der Waals surface area contributed by atoms with Crippen molar-refractivity contribution in [1.29, 1.82) is 0 Å². The summed E-state index contributed by atoms with van der Waals surface area (Å²) in [4.78, 5) is 10.9. The number of nitrogens with one attached hydrogen (secondary N) is 1. The summed E-state index contributed by atoms with van der Waals surface area (Å²) in [7, 11) is -1.03. The second kappa shape index (κ2) is 17.4. The van der Waals surface area contributed by atoms with E-state index in [4.69, 9.17) is 5.11 Å². The molecule has 0 aromatic heterocycles. The molecule has 0 unspecified atom stereocenters. The van der Waals surface area contributed by atoms with Crippen LogP contribution in [0.5, 0.6) is 0 Å². The maximum Gasteiger partial charge on any atom is 1.00 e. The molecular formula is C24H44NNaO2Si. The molecule has 0 amide bonds. The Labute approximate surface area is 204 Å². The first-order chi connectivity index (χ1) is 13.4. The van der Waals surface area contributed by atoms with Crippen LogP contribution in [-0.2, 0) is 0 Å². The van der Waals surface area contributed by atoms with Crippen LogP contribution in [-0.4, -0.2) is 25.7 Å². The second-order valence-electron chi connectivity index (χ2n) is 9.01. The SMILES string of the molecule is CCCCCCCCCCC[Si](C)(C)CCCCNc1ccc(C(=O)O)cc1.[H-].[Na+]. The third-order valence-electron chi connectivity index (χ3n) is 5.70. The first-order valence-electron chi connectivity index (χ1n) is 11.5. The Hall–Kier alpha value is -0.293. The average molecular weight is 430 g/mol. The molecule has 0 bridgehead atoms. The van der Waals surface area contributed by atoms with E-state index in [2.05, 4.69) is 25.3 Å². The molecule has 1 rings (SSSR count). The quantitative estimate of drug-likeness (QED) is 0.273. The van der Waals surface area contributed by atoms with Gasteiger partial charge in [0, 0.05) is 20.3 Å². The van der Waals surface area contributed by atoms with Gasteiger partial charge < -0.3 is 11.8 Å². The summed E-state index contributed by atoms with van der Waals surface area (Å²) in [6, 6.07) is 9.92. The normalized spacial score (nSPS) is 11.1. The molecule has 162 valence electrons. The largest absolute Gasteiger partial charge is 1.00 e. The van der Waals surface area contributed by atoms with Gasteiger partial charge in [0.15, 0.2) is 0 Å². The fourth-order valence-corrected chi connectivity index (χ4v) is 6.40. The van der Waals surface area contributed by atoms with Gasteiger partial charge in [0.25, 0.3) is 0 Å². The summed E-state index contributed by atoms with van der Waals surface area (Å²) in [6.07, 6.45) is 15.3. The first-order valence-corrected chi connectivity index (χ1v) is 14.9. The zero-order chi connectivity index (χ0) is 20.7. The van der Waals surface area contributed by atoms with Crippen LogP contribution in [0, 0.1) is 0 Å². The summed E-state index contributed by atoms with van der Waals surface area (Å²) < 4.78 is 0. The zero-order valence-corrected chi connectivity index (χ0v) is 22.6. The summed E-state index contributed by atoms with van der Waals surface area (Å²) in [5.74, 6) is -0.870. The molecule has 5 heteroatoms. The Balaban J connectivity index is 0. The van der Waals surface area contributed by atoms with Gasteiger partial charge in [-0.2, -0.15) is 0 Å². The molecule has 1 aromatic rings. The molecule has 0 heterocycles. The fourth-order valence-electron chi connectivity index (χ4n) is 3.73. The third kappa shape index (κ3) is 15.2. The molecule has 0 aliphatic heterocycles. The van der Waals surface area contributed by atoms with Crippen LogP contribution >= 0.6 is 0 Å². The molecule has 0 saturated heterocycles. The standard InChI is InChI=1S/C24H43NO2Si.Na.H/c1-4-5-6-7-8-9-10-11-13-20-28(2,3)21-14-12-19-25-23-17-15-22(16-18-23)24(26)27;;/h15-18,25H,4-14,19-21H2,1-3H3,(H,26,27);;/q;+1;-1. The Morgan fingerprint density at radius 2 is 1.34 bits per heavy atom. The van der Waals surface area contributed by atoms with Crippen LogP contribution in [0.3, 0.4) is 0 Å². The van der Waals surface area contributed by atoms with Crippen molar-refractivity contribution >= 4 is 19.7 Å². The molecule has 0 radical (unpaired) electrons. The molecule has 0 spiro atoms. The Bertz CT molecular complexity index is 541. The predicted octanol–water partition coefficient (Wildman–Crippen LogP) is 4.93. The van der Waals surface area contributed by atoms with Gasteiger partial charge in [-0.15, -0.1) is 0 Å². The van der Waals surface area contributed by atoms with Crippen molar-refractivity contribution in [2.24, 2.45) is 0 Å². The van der Waals surface area contributed by atoms with Crippen LogP contribution in [0.25, 0.3) is 0 Å². The van der Waals surface area contributed by atoms with Crippen molar-refractivity contribution < 1.29 is 40.9 Å². The topological polar surface area (TPSA) is 49.3 Å². The van der Waals surface area contributed by atoms with Gasteiger partial charge in [-0.3, -0.25) is 0 Å². The average Bonchev–Trinajstić information content (AvgIpc) is 2.66. The van der Waals surface area contributed by atoms with E-state index in [1.165, 1.54) is 82.7 Å². The third-order valence-corrected chi connectivity index (χ3v) is 9.11. The predicted molar refractivity (Wildman–Crippen MR) is 127 cm³/mol. The number of carbonyl (C=O) groups is 1. The van der Waals surface area contributed by atoms with E-state index >= 15 is 0 Å². The van der Waals surface area contributed by atoms with Crippen molar-refractivity contribution in [1.82, 2.24) is 0 Å². The van der Waals surface area contributed by atoms with Gasteiger partial charge in [-0.25, -0.2) is 4.79 Å². The first kappa shape index (κ1) is 28.7. The van der Waals surface area contributed by atoms with E-state index in [1.807, 2.05) is 12.1 Å². The Morgan fingerprint density at radius 3 is 1.86 bits per heavy atom. The monoisotopic (exact) mass is 429 g/mol. The molecule has 3 nitrogen and oxygen atoms in total.